The van der Waals surface area contributed by atoms with Gasteiger partial charge in [0.15, 0.2) is 0 Å². The Balaban J connectivity index is 2.12. The summed E-state index contributed by atoms with van der Waals surface area (Å²) in [4.78, 5) is 13.4. The Morgan fingerprint density at radius 2 is 2.08 bits per heavy atom. The van der Waals surface area contributed by atoms with Gasteiger partial charge in [0, 0.05) is 26.0 Å². The van der Waals surface area contributed by atoms with Crippen molar-refractivity contribution < 1.29 is 4.79 Å². The van der Waals surface area contributed by atoms with Crippen LogP contribution in [0.15, 0.2) is 59.1 Å². The number of carbonyl (C=O) groups excluding carboxylic acids is 1. The van der Waals surface area contributed by atoms with Crippen molar-refractivity contribution in [2.75, 3.05) is 16.9 Å². The first kappa shape index (κ1) is 18.4. The maximum Gasteiger partial charge on any atom is 0.267 e. The molecule has 0 aliphatic carbocycles. The summed E-state index contributed by atoms with van der Waals surface area (Å²) in [6, 6.07) is 15.4. The van der Waals surface area contributed by atoms with E-state index in [-0.39, 0.29) is 5.57 Å². The first-order chi connectivity index (χ1) is 11.5. The minimum absolute atomic E-state index is 0.0162. The maximum absolute atomic E-state index is 12.3. The van der Waals surface area contributed by atoms with E-state index in [1.54, 1.807) is 11.8 Å². The van der Waals surface area contributed by atoms with Crippen LogP contribution < -0.4 is 10.6 Å². The third-order valence-electron chi connectivity index (χ3n) is 3.25. The number of hydrogen-bond donors (Lipinski definition) is 2. The molecule has 0 aliphatic rings. The molecular formula is C18H16IN3OS. The molecule has 2 aromatic rings. The Hall–Kier alpha value is -1.98. The van der Waals surface area contributed by atoms with Crippen molar-refractivity contribution in [3.05, 3.63) is 63.4 Å². The summed E-state index contributed by atoms with van der Waals surface area (Å²) in [6.07, 6.45) is 3.42. The van der Waals surface area contributed by atoms with E-state index < -0.39 is 5.91 Å². The van der Waals surface area contributed by atoms with Crippen molar-refractivity contribution in [3.8, 4) is 6.07 Å². The van der Waals surface area contributed by atoms with Gasteiger partial charge in [0.2, 0.25) is 0 Å². The average Bonchev–Trinajstić information content (AvgIpc) is 2.58. The summed E-state index contributed by atoms with van der Waals surface area (Å²) >= 11 is 3.84. The zero-order chi connectivity index (χ0) is 17.5. The molecule has 6 heteroatoms. The largest absolute Gasteiger partial charge is 0.360 e. The van der Waals surface area contributed by atoms with Gasteiger partial charge in [0.1, 0.15) is 11.6 Å². The van der Waals surface area contributed by atoms with Crippen LogP contribution in [0.25, 0.3) is 0 Å². The molecule has 0 heterocycles. The Morgan fingerprint density at radius 3 is 2.75 bits per heavy atom. The average molecular weight is 449 g/mol. The number of benzene rings is 2. The molecule has 0 saturated carbocycles. The summed E-state index contributed by atoms with van der Waals surface area (Å²) in [7, 11) is 0. The summed E-state index contributed by atoms with van der Waals surface area (Å²) < 4.78 is 1.09. The molecule has 2 aromatic carbocycles. The van der Waals surface area contributed by atoms with Crippen molar-refractivity contribution in [3.63, 3.8) is 0 Å². The molecule has 122 valence electrons. The topological polar surface area (TPSA) is 64.9 Å². The quantitative estimate of drug-likeness (QED) is 0.299. The molecule has 1 amide bonds. The SMILES string of the molecule is CSc1cccc(N/C=C(/C#N)C(=O)Nc2ccc(I)cc2C)c1. The number of amides is 1. The molecule has 0 fully saturated rings. The minimum Gasteiger partial charge on any atom is -0.360 e. The van der Waals surface area contributed by atoms with Gasteiger partial charge in [0.05, 0.1) is 0 Å². The Morgan fingerprint density at radius 1 is 1.29 bits per heavy atom. The molecule has 0 unspecified atom stereocenters. The van der Waals surface area contributed by atoms with Gasteiger partial charge in [-0.2, -0.15) is 5.26 Å². The van der Waals surface area contributed by atoms with E-state index in [2.05, 4.69) is 33.2 Å². The van der Waals surface area contributed by atoms with Crippen molar-refractivity contribution in [1.29, 1.82) is 5.26 Å². The molecule has 24 heavy (non-hydrogen) atoms. The smallest absolute Gasteiger partial charge is 0.267 e. The van der Waals surface area contributed by atoms with E-state index in [1.165, 1.54) is 6.20 Å². The van der Waals surface area contributed by atoms with Crippen molar-refractivity contribution >= 4 is 51.6 Å². The number of nitrogens with zero attached hydrogens (tertiary/aromatic N) is 1. The summed E-state index contributed by atoms with van der Waals surface area (Å²) in [6.45, 7) is 1.92. The van der Waals surface area contributed by atoms with Crippen LogP contribution in [0.4, 0.5) is 11.4 Å². The minimum atomic E-state index is -0.435. The van der Waals surface area contributed by atoms with Gasteiger partial charge in [-0.15, -0.1) is 11.8 Å². The lowest BCUT2D eigenvalue weighted by Crippen LogP contribution is -2.15. The zero-order valence-corrected chi connectivity index (χ0v) is 16.2. The van der Waals surface area contributed by atoms with E-state index in [9.17, 15) is 10.1 Å². The number of aryl methyl sites for hydroxylation is 1. The second-order valence-corrected chi connectivity index (χ2v) is 7.08. The monoisotopic (exact) mass is 449 g/mol. The van der Waals surface area contributed by atoms with E-state index in [4.69, 9.17) is 0 Å². The summed E-state index contributed by atoms with van der Waals surface area (Å²) in [5.41, 5.74) is 2.49. The highest BCUT2D eigenvalue weighted by Crippen LogP contribution is 2.20. The molecule has 0 radical (unpaired) electrons. The van der Waals surface area contributed by atoms with E-state index in [1.807, 2.05) is 61.7 Å². The van der Waals surface area contributed by atoms with Gasteiger partial charge in [-0.05, 0) is 77.7 Å². The molecule has 0 atom stereocenters. The van der Waals surface area contributed by atoms with Crippen LogP contribution >= 0.6 is 34.4 Å². The summed E-state index contributed by atoms with van der Waals surface area (Å²) in [5, 5.41) is 15.0. The molecule has 0 aliphatic heterocycles. The van der Waals surface area contributed by atoms with Crippen LogP contribution in [-0.4, -0.2) is 12.2 Å². The molecule has 2 N–H and O–H groups in total. The van der Waals surface area contributed by atoms with Gasteiger partial charge in [-0.1, -0.05) is 6.07 Å². The second kappa shape index (κ2) is 8.76. The van der Waals surface area contributed by atoms with Gasteiger partial charge >= 0.3 is 0 Å². The molecule has 0 spiro atoms. The van der Waals surface area contributed by atoms with E-state index in [0.29, 0.717) is 5.69 Å². The van der Waals surface area contributed by atoms with Gasteiger partial charge in [0.25, 0.3) is 5.91 Å². The molecular weight excluding hydrogens is 433 g/mol. The Bertz CT molecular complexity index is 827. The molecule has 2 rings (SSSR count). The highest BCUT2D eigenvalue weighted by molar-refractivity contribution is 14.1. The van der Waals surface area contributed by atoms with Crippen molar-refractivity contribution in [2.45, 2.75) is 11.8 Å². The number of rotatable bonds is 5. The predicted octanol–water partition coefficient (Wildman–Crippen LogP) is 4.78. The first-order valence-corrected chi connectivity index (χ1v) is 9.42. The van der Waals surface area contributed by atoms with Crippen molar-refractivity contribution in [1.82, 2.24) is 0 Å². The number of anilines is 2. The van der Waals surface area contributed by atoms with Crippen LogP contribution in [-0.2, 0) is 4.79 Å². The lowest BCUT2D eigenvalue weighted by atomic mass is 10.2. The molecule has 4 nitrogen and oxygen atoms in total. The van der Waals surface area contributed by atoms with Gasteiger partial charge in [-0.25, -0.2) is 0 Å². The standard InChI is InChI=1S/C18H16IN3OS/c1-12-8-14(19)6-7-17(12)22-18(23)13(10-20)11-21-15-4-3-5-16(9-15)24-2/h3-9,11,21H,1-2H3,(H,22,23)/b13-11-. The first-order valence-electron chi connectivity index (χ1n) is 7.12. The lowest BCUT2D eigenvalue weighted by molar-refractivity contribution is -0.112. The fourth-order valence-corrected chi connectivity index (χ4v) is 3.08. The summed E-state index contributed by atoms with van der Waals surface area (Å²) in [5.74, 6) is -0.435. The number of thioether (sulfide) groups is 1. The predicted molar refractivity (Wildman–Crippen MR) is 108 cm³/mol. The number of halogens is 1. The highest BCUT2D eigenvalue weighted by Gasteiger charge is 2.10. The molecule has 0 bridgehead atoms. The molecule has 0 saturated heterocycles. The van der Waals surface area contributed by atoms with Gasteiger partial charge < -0.3 is 10.6 Å². The number of hydrogen-bond acceptors (Lipinski definition) is 4. The number of nitrogens with one attached hydrogen (secondary N) is 2. The van der Waals surface area contributed by atoms with Crippen LogP contribution in [0.3, 0.4) is 0 Å². The highest BCUT2D eigenvalue weighted by atomic mass is 127. The van der Waals surface area contributed by atoms with Gasteiger partial charge in [-0.3, -0.25) is 4.79 Å². The fraction of sp³-hybridized carbons (Fsp3) is 0.111. The third kappa shape index (κ3) is 5.01. The van der Waals surface area contributed by atoms with Crippen LogP contribution in [0, 0.1) is 21.8 Å². The zero-order valence-electron chi connectivity index (χ0n) is 13.3. The second-order valence-electron chi connectivity index (χ2n) is 4.96. The lowest BCUT2D eigenvalue weighted by Gasteiger charge is -2.08. The van der Waals surface area contributed by atoms with Crippen LogP contribution in [0.2, 0.25) is 0 Å². The van der Waals surface area contributed by atoms with Crippen molar-refractivity contribution in [2.24, 2.45) is 0 Å². The van der Waals surface area contributed by atoms with E-state index in [0.717, 1.165) is 19.7 Å². The number of carbonyl (C=O) groups is 1. The van der Waals surface area contributed by atoms with Crippen LogP contribution in [0.5, 0.6) is 0 Å². The van der Waals surface area contributed by atoms with E-state index >= 15 is 0 Å². The van der Waals surface area contributed by atoms with Crippen LogP contribution in [0.1, 0.15) is 5.56 Å². The maximum atomic E-state index is 12.3. The Labute approximate surface area is 159 Å². The number of nitriles is 1. The Kier molecular flexibility index (Phi) is 6.70. The molecule has 0 aromatic heterocycles. The third-order valence-corrected chi connectivity index (χ3v) is 4.65. The fourth-order valence-electron chi connectivity index (χ4n) is 1.97. The normalized spacial score (nSPS) is 10.8.